The lowest BCUT2D eigenvalue weighted by atomic mass is 9.85. The number of phenolic OH excluding ortho intramolecular Hbond substituents is 2. The van der Waals surface area contributed by atoms with E-state index in [4.69, 9.17) is 21.8 Å². The molecule has 1 aromatic rings. The van der Waals surface area contributed by atoms with Crippen molar-refractivity contribution >= 4 is 11.6 Å². The molecule has 0 bridgehead atoms. The number of phenols is 2. The second-order valence-electron chi connectivity index (χ2n) is 3.86. The van der Waals surface area contributed by atoms with Gasteiger partial charge in [-0.1, -0.05) is 25.4 Å². The molecule has 78 valence electrons. The lowest BCUT2D eigenvalue weighted by molar-refractivity contribution is 0.218. The fraction of sp³-hybridized carbons (Fsp3) is 0.400. The van der Waals surface area contributed by atoms with Crippen LogP contribution in [0, 0.1) is 0 Å². The van der Waals surface area contributed by atoms with Crippen LogP contribution in [-0.4, -0.2) is 21.9 Å². The van der Waals surface area contributed by atoms with Gasteiger partial charge in [-0.15, -0.1) is 0 Å². The van der Waals surface area contributed by atoms with Crippen LogP contribution in [0.3, 0.4) is 0 Å². The predicted octanol–water partition coefficient (Wildman–Crippen LogP) is 2.02. The molecule has 0 heterocycles. The minimum absolute atomic E-state index is 0.0864. The molecule has 0 atom stereocenters. The summed E-state index contributed by atoms with van der Waals surface area (Å²) in [6.45, 7) is 3.51. The van der Waals surface area contributed by atoms with Gasteiger partial charge < -0.3 is 15.3 Å². The van der Waals surface area contributed by atoms with E-state index in [1.165, 1.54) is 12.1 Å². The Labute approximate surface area is 87.6 Å². The number of hydrogen-bond donors (Lipinski definition) is 3. The molecule has 14 heavy (non-hydrogen) atoms. The third-order valence-electron chi connectivity index (χ3n) is 2.19. The summed E-state index contributed by atoms with van der Waals surface area (Å²) < 4.78 is 0. The number of aromatic hydroxyl groups is 2. The van der Waals surface area contributed by atoms with Gasteiger partial charge in [-0.2, -0.15) is 0 Å². The first-order chi connectivity index (χ1) is 6.38. The Balaban J connectivity index is 3.29. The molecule has 0 aliphatic carbocycles. The molecule has 1 aromatic carbocycles. The fourth-order valence-corrected chi connectivity index (χ4v) is 1.57. The summed E-state index contributed by atoms with van der Waals surface area (Å²) in [5.41, 5.74) is 0.0689. The first kappa shape index (κ1) is 11.1. The zero-order valence-electron chi connectivity index (χ0n) is 8.08. The first-order valence-corrected chi connectivity index (χ1v) is 4.59. The van der Waals surface area contributed by atoms with Crippen molar-refractivity contribution in [2.75, 3.05) is 6.61 Å². The number of aliphatic hydroxyl groups is 1. The largest absolute Gasteiger partial charge is 0.504 e. The Morgan fingerprint density at radius 3 is 2.21 bits per heavy atom. The van der Waals surface area contributed by atoms with E-state index in [1.54, 1.807) is 13.8 Å². The van der Waals surface area contributed by atoms with E-state index in [1.807, 2.05) is 0 Å². The maximum atomic E-state index is 9.29. The van der Waals surface area contributed by atoms with E-state index in [-0.39, 0.29) is 18.1 Å². The molecule has 3 nitrogen and oxygen atoms in total. The Morgan fingerprint density at radius 2 is 1.71 bits per heavy atom. The zero-order valence-corrected chi connectivity index (χ0v) is 8.84. The van der Waals surface area contributed by atoms with Gasteiger partial charge in [-0.3, -0.25) is 0 Å². The lowest BCUT2D eigenvalue weighted by Gasteiger charge is -2.23. The van der Waals surface area contributed by atoms with E-state index < -0.39 is 5.41 Å². The third-order valence-corrected chi connectivity index (χ3v) is 2.50. The Kier molecular flexibility index (Phi) is 2.92. The average Bonchev–Trinajstić information content (AvgIpc) is 2.11. The maximum Gasteiger partial charge on any atom is 0.158 e. The number of benzene rings is 1. The molecule has 1 rings (SSSR count). The predicted molar refractivity (Wildman–Crippen MR) is 54.9 cm³/mol. The van der Waals surface area contributed by atoms with Crippen LogP contribution in [0.2, 0.25) is 5.02 Å². The van der Waals surface area contributed by atoms with Gasteiger partial charge in [0.1, 0.15) is 0 Å². The third kappa shape index (κ3) is 1.94. The van der Waals surface area contributed by atoms with Crippen LogP contribution in [0.15, 0.2) is 12.1 Å². The van der Waals surface area contributed by atoms with Crippen molar-refractivity contribution < 1.29 is 15.3 Å². The summed E-state index contributed by atoms with van der Waals surface area (Å²) in [5, 5.41) is 27.9. The van der Waals surface area contributed by atoms with Crippen LogP contribution >= 0.6 is 11.6 Å². The monoisotopic (exact) mass is 216 g/mol. The summed E-state index contributed by atoms with van der Waals surface area (Å²) in [7, 11) is 0. The average molecular weight is 217 g/mol. The Morgan fingerprint density at radius 1 is 1.21 bits per heavy atom. The van der Waals surface area contributed by atoms with Crippen molar-refractivity contribution in [3.63, 3.8) is 0 Å². The fourth-order valence-electron chi connectivity index (χ4n) is 1.16. The second-order valence-corrected chi connectivity index (χ2v) is 4.27. The number of halogens is 1. The molecule has 0 aromatic heterocycles. The van der Waals surface area contributed by atoms with E-state index in [9.17, 15) is 5.11 Å². The van der Waals surface area contributed by atoms with Crippen molar-refractivity contribution in [2.45, 2.75) is 19.3 Å². The molecule has 0 unspecified atom stereocenters. The Bertz CT molecular complexity index is 347. The molecule has 3 N–H and O–H groups in total. The molecule has 4 heteroatoms. The van der Waals surface area contributed by atoms with Crippen molar-refractivity contribution in [2.24, 2.45) is 0 Å². The highest BCUT2D eigenvalue weighted by atomic mass is 35.5. The number of aliphatic hydroxyl groups excluding tert-OH is 1. The molecule has 0 aliphatic rings. The van der Waals surface area contributed by atoms with E-state index in [0.717, 1.165) is 0 Å². The van der Waals surface area contributed by atoms with E-state index in [0.29, 0.717) is 10.6 Å². The van der Waals surface area contributed by atoms with Gasteiger partial charge in [0, 0.05) is 16.5 Å². The smallest absolute Gasteiger partial charge is 0.158 e. The maximum absolute atomic E-state index is 9.29. The molecular weight excluding hydrogens is 204 g/mol. The second kappa shape index (κ2) is 3.67. The van der Waals surface area contributed by atoms with Gasteiger partial charge >= 0.3 is 0 Å². The van der Waals surface area contributed by atoms with Crippen LogP contribution in [-0.2, 0) is 5.41 Å². The zero-order chi connectivity index (χ0) is 10.9. The minimum atomic E-state index is -0.539. The van der Waals surface area contributed by atoms with E-state index >= 15 is 0 Å². The molecule has 0 amide bonds. The normalized spacial score (nSPS) is 11.7. The summed E-state index contributed by atoms with van der Waals surface area (Å²) in [6.07, 6.45) is 0. The number of hydrogen-bond acceptors (Lipinski definition) is 3. The highest BCUT2D eigenvalue weighted by Crippen LogP contribution is 2.37. The summed E-state index contributed by atoms with van der Waals surface area (Å²) in [4.78, 5) is 0. The van der Waals surface area contributed by atoms with Crippen LogP contribution in [0.5, 0.6) is 11.5 Å². The quantitative estimate of drug-likeness (QED) is 0.663. The van der Waals surface area contributed by atoms with Crippen LogP contribution in [0.4, 0.5) is 0 Å². The van der Waals surface area contributed by atoms with Crippen LogP contribution in [0.1, 0.15) is 19.4 Å². The number of rotatable bonds is 2. The standard InChI is InChI=1S/C10H13ClO3/c1-10(2,5-12)6-3-8(13)9(14)4-7(6)11/h3-4,12-14H,5H2,1-2H3. The van der Waals surface area contributed by atoms with Gasteiger partial charge in [0.25, 0.3) is 0 Å². The topological polar surface area (TPSA) is 60.7 Å². The van der Waals surface area contributed by atoms with Crippen LogP contribution < -0.4 is 0 Å². The Hall–Kier alpha value is -0.930. The van der Waals surface area contributed by atoms with Gasteiger partial charge in [0.15, 0.2) is 11.5 Å². The van der Waals surface area contributed by atoms with Crippen LogP contribution in [0.25, 0.3) is 0 Å². The van der Waals surface area contributed by atoms with Crippen molar-refractivity contribution in [1.82, 2.24) is 0 Å². The lowest BCUT2D eigenvalue weighted by Crippen LogP contribution is -2.22. The summed E-state index contributed by atoms with van der Waals surface area (Å²) in [5.74, 6) is -0.488. The van der Waals surface area contributed by atoms with Gasteiger partial charge in [-0.05, 0) is 11.6 Å². The minimum Gasteiger partial charge on any atom is -0.504 e. The van der Waals surface area contributed by atoms with Crippen molar-refractivity contribution in [3.8, 4) is 11.5 Å². The molecule has 0 aliphatic heterocycles. The molecule has 0 fully saturated rings. The SMILES string of the molecule is CC(C)(CO)c1cc(O)c(O)cc1Cl. The highest BCUT2D eigenvalue weighted by molar-refractivity contribution is 6.31. The van der Waals surface area contributed by atoms with Crippen molar-refractivity contribution in [3.05, 3.63) is 22.7 Å². The highest BCUT2D eigenvalue weighted by Gasteiger charge is 2.23. The van der Waals surface area contributed by atoms with E-state index in [2.05, 4.69) is 0 Å². The molecular formula is C10H13ClO3. The first-order valence-electron chi connectivity index (χ1n) is 4.21. The van der Waals surface area contributed by atoms with Crippen molar-refractivity contribution in [1.29, 1.82) is 0 Å². The molecule has 0 radical (unpaired) electrons. The summed E-state index contributed by atoms with van der Waals surface area (Å²) in [6, 6.07) is 2.64. The molecule has 0 saturated heterocycles. The summed E-state index contributed by atoms with van der Waals surface area (Å²) >= 11 is 5.88. The molecule has 0 spiro atoms. The van der Waals surface area contributed by atoms with Gasteiger partial charge in [0.2, 0.25) is 0 Å². The van der Waals surface area contributed by atoms with Gasteiger partial charge in [0.05, 0.1) is 6.61 Å². The van der Waals surface area contributed by atoms with Gasteiger partial charge in [-0.25, -0.2) is 0 Å². The molecule has 0 saturated carbocycles.